The highest BCUT2D eigenvalue weighted by Gasteiger charge is 2.27. The molecule has 1 N–H and O–H groups in total. The average Bonchev–Trinajstić information content (AvgIpc) is 2.64. The summed E-state index contributed by atoms with van der Waals surface area (Å²) in [6.45, 7) is 4.37. The molecule has 1 aromatic heterocycles. The van der Waals surface area contributed by atoms with E-state index in [1.165, 1.54) is 6.26 Å². The van der Waals surface area contributed by atoms with Crippen LogP contribution in [0.3, 0.4) is 0 Å². The van der Waals surface area contributed by atoms with Gasteiger partial charge in [-0.3, -0.25) is 0 Å². The van der Waals surface area contributed by atoms with Gasteiger partial charge in [0.2, 0.25) is 0 Å². The summed E-state index contributed by atoms with van der Waals surface area (Å²) < 4.78 is 27.9. The standard InChI is InChI=1S/C10H17NO3S/c1-4-11-10(8(2)15(3,12)13)9-5-6-14-7-9/h5-8,10-11H,4H2,1-3H3. The Balaban J connectivity index is 2.93. The van der Waals surface area contributed by atoms with E-state index >= 15 is 0 Å². The van der Waals surface area contributed by atoms with Crippen molar-refractivity contribution in [2.24, 2.45) is 0 Å². The largest absolute Gasteiger partial charge is 0.472 e. The molecule has 0 aliphatic rings. The molecule has 5 heteroatoms. The molecule has 4 nitrogen and oxygen atoms in total. The third kappa shape index (κ3) is 3.07. The molecule has 2 unspecified atom stereocenters. The molecule has 0 bridgehead atoms. The fourth-order valence-electron chi connectivity index (χ4n) is 1.47. The van der Waals surface area contributed by atoms with Crippen molar-refractivity contribution in [2.75, 3.05) is 12.8 Å². The Morgan fingerprint density at radius 1 is 1.53 bits per heavy atom. The van der Waals surface area contributed by atoms with Crippen molar-refractivity contribution in [3.8, 4) is 0 Å². The van der Waals surface area contributed by atoms with Gasteiger partial charge >= 0.3 is 0 Å². The second-order valence-electron chi connectivity index (χ2n) is 3.63. The van der Waals surface area contributed by atoms with Gasteiger partial charge in [-0.15, -0.1) is 0 Å². The van der Waals surface area contributed by atoms with Gasteiger partial charge in [-0.1, -0.05) is 6.92 Å². The summed E-state index contributed by atoms with van der Waals surface area (Å²) in [4.78, 5) is 0. The first kappa shape index (κ1) is 12.3. The van der Waals surface area contributed by atoms with Gasteiger partial charge in [0, 0.05) is 11.8 Å². The molecular weight excluding hydrogens is 214 g/mol. The van der Waals surface area contributed by atoms with Gasteiger partial charge < -0.3 is 9.73 Å². The Morgan fingerprint density at radius 2 is 2.20 bits per heavy atom. The van der Waals surface area contributed by atoms with Crippen molar-refractivity contribution in [1.29, 1.82) is 0 Å². The number of hydrogen-bond acceptors (Lipinski definition) is 4. The summed E-state index contributed by atoms with van der Waals surface area (Å²) in [5, 5.41) is 2.69. The predicted octanol–water partition coefficient (Wildman–Crippen LogP) is 1.36. The Labute approximate surface area is 90.6 Å². The minimum Gasteiger partial charge on any atom is -0.472 e. The highest BCUT2D eigenvalue weighted by molar-refractivity contribution is 7.91. The van der Waals surface area contributed by atoms with Gasteiger partial charge in [-0.05, 0) is 19.5 Å². The molecule has 0 aliphatic carbocycles. The van der Waals surface area contributed by atoms with E-state index in [0.29, 0.717) is 0 Å². The zero-order valence-corrected chi connectivity index (χ0v) is 10.0. The Kier molecular flexibility index (Phi) is 3.93. The van der Waals surface area contributed by atoms with E-state index in [2.05, 4.69) is 5.32 Å². The maximum Gasteiger partial charge on any atom is 0.151 e. The average molecular weight is 231 g/mol. The van der Waals surface area contributed by atoms with Crippen LogP contribution in [0.2, 0.25) is 0 Å². The molecule has 1 heterocycles. The third-order valence-corrected chi connectivity index (χ3v) is 4.09. The smallest absolute Gasteiger partial charge is 0.151 e. The van der Waals surface area contributed by atoms with E-state index in [0.717, 1.165) is 12.1 Å². The number of rotatable bonds is 5. The van der Waals surface area contributed by atoms with Crippen molar-refractivity contribution in [3.63, 3.8) is 0 Å². The highest BCUT2D eigenvalue weighted by Crippen LogP contribution is 2.21. The van der Waals surface area contributed by atoms with Crippen molar-refractivity contribution in [2.45, 2.75) is 25.1 Å². The zero-order valence-electron chi connectivity index (χ0n) is 9.23. The Bertz CT molecular complexity index is 383. The van der Waals surface area contributed by atoms with Crippen molar-refractivity contribution in [3.05, 3.63) is 24.2 Å². The van der Waals surface area contributed by atoms with Crippen LogP contribution in [0.25, 0.3) is 0 Å². The minimum absolute atomic E-state index is 0.205. The lowest BCUT2D eigenvalue weighted by molar-refractivity contribution is 0.502. The molecule has 0 aliphatic heterocycles. The van der Waals surface area contributed by atoms with Gasteiger partial charge in [0.1, 0.15) is 0 Å². The lowest BCUT2D eigenvalue weighted by Crippen LogP contribution is -2.34. The van der Waals surface area contributed by atoms with Crippen LogP contribution in [0.15, 0.2) is 23.0 Å². The van der Waals surface area contributed by atoms with Gasteiger partial charge in [-0.2, -0.15) is 0 Å². The zero-order chi connectivity index (χ0) is 11.5. The van der Waals surface area contributed by atoms with E-state index in [1.54, 1.807) is 25.5 Å². The van der Waals surface area contributed by atoms with E-state index in [1.807, 2.05) is 6.92 Å². The molecule has 0 radical (unpaired) electrons. The molecule has 1 rings (SSSR count). The molecule has 0 saturated carbocycles. The molecule has 2 atom stereocenters. The first-order valence-electron chi connectivity index (χ1n) is 4.91. The lowest BCUT2D eigenvalue weighted by atomic mass is 10.1. The monoisotopic (exact) mass is 231 g/mol. The van der Waals surface area contributed by atoms with Crippen molar-refractivity contribution >= 4 is 9.84 Å². The quantitative estimate of drug-likeness (QED) is 0.831. The van der Waals surface area contributed by atoms with Crippen molar-refractivity contribution in [1.82, 2.24) is 5.32 Å². The number of nitrogens with one attached hydrogen (secondary N) is 1. The summed E-state index contributed by atoms with van der Waals surface area (Å²) in [5.74, 6) is 0. The molecule has 0 spiro atoms. The maximum atomic E-state index is 11.5. The van der Waals surface area contributed by atoms with E-state index in [9.17, 15) is 8.42 Å². The first-order valence-corrected chi connectivity index (χ1v) is 6.86. The molecule has 1 aromatic rings. The van der Waals surface area contributed by atoms with Crippen LogP contribution >= 0.6 is 0 Å². The number of furan rings is 1. The van der Waals surface area contributed by atoms with Crippen LogP contribution in [0.5, 0.6) is 0 Å². The Hall–Kier alpha value is -0.810. The highest BCUT2D eigenvalue weighted by atomic mass is 32.2. The lowest BCUT2D eigenvalue weighted by Gasteiger charge is -2.22. The van der Waals surface area contributed by atoms with Gasteiger partial charge in [0.05, 0.1) is 23.8 Å². The molecule has 86 valence electrons. The van der Waals surface area contributed by atoms with E-state index in [4.69, 9.17) is 4.42 Å². The van der Waals surface area contributed by atoms with Crippen LogP contribution in [0.4, 0.5) is 0 Å². The molecule has 15 heavy (non-hydrogen) atoms. The topological polar surface area (TPSA) is 59.3 Å². The summed E-state index contributed by atoms with van der Waals surface area (Å²) in [6.07, 6.45) is 4.38. The third-order valence-electron chi connectivity index (χ3n) is 2.47. The van der Waals surface area contributed by atoms with Crippen molar-refractivity contribution < 1.29 is 12.8 Å². The summed E-state index contributed by atoms with van der Waals surface area (Å²) in [6, 6.07) is 1.58. The normalized spacial score (nSPS) is 16.2. The van der Waals surface area contributed by atoms with Crippen LogP contribution < -0.4 is 5.32 Å². The molecule has 0 aromatic carbocycles. The minimum atomic E-state index is -3.05. The van der Waals surface area contributed by atoms with Gasteiger partial charge in [-0.25, -0.2) is 8.42 Å². The van der Waals surface area contributed by atoms with Crippen LogP contribution in [0, 0.1) is 0 Å². The van der Waals surface area contributed by atoms with E-state index < -0.39 is 15.1 Å². The fraction of sp³-hybridized carbons (Fsp3) is 0.600. The molecule has 0 saturated heterocycles. The summed E-state index contributed by atoms with van der Waals surface area (Å²) in [7, 11) is -3.05. The molecule has 0 amide bonds. The number of hydrogen-bond donors (Lipinski definition) is 1. The number of sulfone groups is 1. The summed E-state index contributed by atoms with van der Waals surface area (Å²) in [5.41, 5.74) is 0.870. The SMILES string of the molecule is CCNC(c1ccoc1)C(C)S(C)(=O)=O. The van der Waals surface area contributed by atoms with Crippen LogP contribution in [-0.2, 0) is 9.84 Å². The second-order valence-corrected chi connectivity index (χ2v) is 6.03. The first-order chi connectivity index (χ1) is 6.96. The molecule has 0 fully saturated rings. The summed E-state index contributed by atoms with van der Waals surface area (Å²) >= 11 is 0. The Morgan fingerprint density at radius 3 is 2.60 bits per heavy atom. The van der Waals surface area contributed by atoms with Gasteiger partial charge in [0.25, 0.3) is 0 Å². The van der Waals surface area contributed by atoms with Gasteiger partial charge in [0.15, 0.2) is 9.84 Å². The molecular formula is C10H17NO3S. The van der Waals surface area contributed by atoms with Crippen LogP contribution in [0.1, 0.15) is 25.5 Å². The van der Waals surface area contributed by atoms with Crippen LogP contribution in [-0.4, -0.2) is 26.5 Å². The maximum absolute atomic E-state index is 11.5. The fourth-order valence-corrected chi connectivity index (χ4v) is 2.22. The van der Waals surface area contributed by atoms with E-state index in [-0.39, 0.29) is 6.04 Å². The second kappa shape index (κ2) is 4.81. The predicted molar refractivity (Wildman–Crippen MR) is 59.4 cm³/mol.